The van der Waals surface area contributed by atoms with Gasteiger partial charge in [-0.1, -0.05) is 133 Å². The molecule has 0 heterocycles. The van der Waals surface area contributed by atoms with Crippen molar-refractivity contribution in [2.45, 2.75) is 27.7 Å². The predicted molar refractivity (Wildman–Crippen MR) is 214 cm³/mol. The third-order valence-corrected chi connectivity index (χ3v) is 12.5. The number of aryl methyl sites for hydroxylation is 4. The van der Waals surface area contributed by atoms with Gasteiger partial charge in [0.15, 0.2) is 7.14 Å². The Labute approximate surface area is 296 Å². The van der Waals surface area contributed by atoms with Crippen molar-refractivity contribution in [1.29, 1.82) is 0 Å². The second kappa shape index (κ2) is 14.1. The summed E-state index contributed by atoms with van der Waals surface area (Å²) >= 11 is 0. The lowest BCUT2D eigenvalue weighted by Gasteiger charge is -2.33. The van der Waals surface area contributed by atoms with Crippen LogP contribution in [-0.4, -0.2) is 0 Å². The maximum Gasteiger partial charge on any atom is 0.171 e. The van der Waals surface area contributed by atoms with E-state index in [2.05, 4.69) is 153 Å². The maximum atomic E-state index is 16.1. The molecule has 3 nitrogen and oxygen atoms in total. The minimum atomic E-state index is -3.38. The molecule has 7 aromatic rings. The molecule has 7 aromatic carbocycles. The highest BCUT2D eigenvalue weighted by Gasteiger charge is 2.32. The molecular formula is C46H41N2OP. The van der Waals surface area contributed by atoms with Crippen LogP contribution in [0.1, 0.15) is 22.3 Å². The van der Waals surface area contributed by atoms with Crippen molar-refractivity contribution in [3.05, 3.63) is 198 Å². The Balaban J connectivity index is 1.62. The van der Waals surface area contributed by atoms with E-state index in [-0.39, 0.29) is 0 Å². The zero-order valence-electron chi connectivity index (χ0n) is 29.0. The molecular weight excluding hydrogens is 627 g/mol. The van der Waals surface area contributed by atoms with Crippen LogP contribution in [-0.2, 0) is 4.57 Å². The first-order valence-electron chi connectivity index (χ1n) is 17.1. The van der Waals surface area contributed by atoms with Gasteiger partial charge in [-0.15, -0.1) is 0 Å². The summed E-state index contributed by atoms with van der Waals surface area (Å²) in [4.78, 5) is 4.65. The van der Waals surface area contributed by atoms with Crippen molar-refractivity contribution in [2.24, 2.45) is 0 Å². The minimum Gasteiger partial charge on any atom is -0.310 e. The maximum absolute atomic E-state index is 16.1. The fourth-order valence-electron chi connectivity index (χ4n) is 6.82. The Bertz CT molecular complexity index is 2070. The molecule has 0 aliphatic carbocycles. The Morgan fingerprint density at radius 2 is 0.620 bits per heavy atom. The van der Waals surface area contributed by atoms with Gasteiger partial charge in [0, 0.05) is 50.0 Å². The predicted octanol–water partition coefficient (Wildman–Crippen LogP) is 11.5. The Kier molecular flexibility index (Phi) is 9.26. The molecule has 0 aliphatic heterocycles. The lowest BCUT2D eigenvalue weighted by Crippen LogP contribution is -2.27. The summed E-state index contributed by atoms with van der Waals surface area (Å²) in [5.74, 6) is 0. The minimum absolute atomic E-state index is 0.765. The molecule has 0 unspecified atom stereocenters. The standard InChI is InChI=1S/C46H41N2OP/c1-34-19-11-15-27-43(34)47(44-28-16-12-20-35(44)2)38-31-39(48(45-29-17-13-21-36(45)3)46-30-18-14-22-37(46)4)33-42(32-38)50(49,40-23-7-5-8-24-40)41-25-9-6-10-26-41/h5-33H,1-4H3. The van der Waals surface area contributed by atoms with Gasteiger partial charge < -0.3 is 14.4 Å². The van der Waals surface area contributed by atoms with Gasteiger partial charge in [-0.3, -0.25) is 0 Å². The van der Waals surface area contributed by atoms with E-state index in [1.165, 1.54) is 0 Å². The first-order chi connectivity index (χ1) is 24.4. The van der Waals surface area contributed by atoms with Crippen LogP contribution in [0.4, 0.5) is 34.1 Å². The van der Waals surface area contributed by atoms with E-state index >= 15 is 4.57 Å². The molecule has 0 spiro atoms. The summed E-state index contributed by atoms with van der Waals surface area (Å²) in [6.07, 6.45) is 0. The second-order valence-corrected chi connectivity index (χ2v) is 15.6. The van der Waals surface area contributed by atoms with Gasteiger partial charge in [0.1, 0.15) is 0 Å². The number of rotatable bonds is 9. The van der Waals surface area contributed by atoms with E-state index in [4.69, 9.17) is 0 Å². The summed E-state index contributed by atoms with van der Waals surface area (Å²) < 4.78 is 16.1. The van der Waals surface area contributed by atoms with E-state index in [9.17, 15) is 0 Å². The van der Waals surface area contributed by atoms with Gasteiger partial charge >= 0.3 is 0 Å². The van der Waals surface area contributed by atoms with Crippen LogP contribution >= 0.6 is 7.14 Å². The highest BCUT2D eigenvalue weighted by atomic mass is 31.2. The molecule has 0 saturated heterocycles. The first-order valence-corrected chi connectivity index (χ1v) is 18.8. The topological polar surface area (TPSA) is 23.6 Å². The number of benzene rings is 7. The third kappa shape index (κ3) is 6.17. The van der Waals surface area contributed by atoms with Crippen LogP contribution in [0.25, 0.3) is 0 Å². The molecule has 0 aromatic heterocycles. The highest BCUT2D eigenvalue weighted by molar-refractivity contribution is 7.85. The molecule has 246 valence electrons. The van der Waals surface area contributed by atoms with Crippen molar-refractivity contribution >= 4 is 57.2 Å². The van der Waals surface area contributed by atoms with Gasteiger partial charge in [-0.25, -0.2) is 0 Å². The lowest BCUT2D eigenvalue weighted by atomic mass is 10.1. The number of para-hydroxylation sites is 4. The summed E-state index contributed by atoms with van der Waals surface area (Å²) in [5.41, 5.74) is 10.7. The van der Waals surface area contributed by atoms with Crippen molar-refractivity contribution in [2.75, 3.05) is 9.80 Å². The van der Waals surface area contributed by atoms with Crippen LogP contribution < -0.4 is 25.7 Å². The SMILES string of the molecule is Cc1ccccc1N(c1cc(N(c2ccccc2C)c2ccccc2C)cc(P(=O)(c2ccccc2)c2ccccc2)c1)c1ccccc1C. The number of hydrogen-bond donors (Lipinski definition) is 0. The highest BCUT2D eigenvalue weighted by Crippen LogP contribution is 2.48. The van der Waals surface area contributed by atoms with Crippen LogP contribution in [0.3, 0.4) is 0 Å². The molecule has 0 radical (unpaired) electrons. The smallest absolute Gasteiger partial charge is 0.171 e. The lowest BCUT2D eigenvalue weighted by molar-refractivity contribution is 0.592. The summed E-state index contributed by atoms with van der Waals surface area (Å²) in [7, 11) is -3.38. The molecule has 0 aliphatic rings. The Hall–Kier alpha value is -5.63. The molecule has 0 saturated carbocycles. The normalized spacial score (nSPS) is 11.3. The summed E-state index contributed by atoms with van der Waals surface area (Å²) in [5, 5.41) is 2.36. The quantitative estimate of drug-likeness (QED) is 0.143. The molecule has 4 heteroatoms. The molecule has 0 fully saturated rings. The van der Waals surface area contributed by atoms with Gasteiger partial charge in [-0.05, 0) is 92.4 Å². The molecule has 0 amide bonds. The van der Waals surface area contributed by atoms with Gasteiger partial charge in [0.05, 0.1) is 0 Å². The number of hydrogen-bond acceptors (Lipinski definition) is 3. The third-order valence-electron chi connectivity index (χ3n) is 9.43. The molecule has 50 heavy (non-hydrogen) atoms. The number of anilines is 6. The van der Waals surface area contributed by atoms with Gasteiger partial charge in [0.25, 0.3) is 0 Å². The zero-order valence-corrected chi connectivity index (χ0v) is 29.9. The summed E-state index contributed by atoms with van der Waals surface area (Å²) in [6, 6.07) is 60.4. The van der Waals surface area contributed by atoms with Crippen LogP contribution in [0.2, 0.25) is 0 Å². The van der Waals surface area contributed by atoms with E-state index in [0.29, 0.717) is 0 Å². The van der Waals surface area contributed by atoms with Crippen LogP contribution in [0.15, 0.2) is 176 Å². The van der Waals surface area contributed by atoms with Gasteiger partial charge in [0.2, 0.25) is 0 Å². The molecule has 7 rings (SSSR count). The Morgan fingerprint density at radius 1 is 0.340 bits per heavy atom. The van der Waals surface area contributed by atoms with Crippen molar-refractivity contribution < 1.29 is 4.57 Å². The fraction of sp³-hybridized carbons (Fsp3) is 0.0870. The van der Waals surface area contributed by atoms with Crippen LogP contribution in [0.5, 0.6) is 0 Å². The van der Waals surface area contributed by atoms with E-state index < -0.39 is 7.14 Å². The van der Waals surface area contributed by atoms with Crippen molar-refractivity contribution in [3.8, 4) is 0 Å². The van der Waals surface area contributed by atoms with Crippen LogP contribution in [0, 0.1) is 27.7 Å². The number of nitrogens with zero attached hydrogens (tertiary/aromatic N) is 2. The Morgan fingerprint density at radius 3 is 0.920 bits per heavy atom. The van der Waals surface area contributed by atoms with E-state index in [0.717, 1.165) is 72.3 Å². The average molecular weight is 669 g/mol. The van der Waals surface area contributed by atoms with Gasteiger partial charge in [-0.2, -0.15) is 0 Å². The largest absolute Gasteiger partial charge is 0.310 e. The second-order valence-electron chi connectivity index (χ2n) is 12.8. The van der Waals surface area contributed by atoms with Crippen molar-refractivity contribution in [1.82, 2.24) is 0 Å². The first kappa shape index (κ1) is 32.9. The molecule has 0 N–H and O–H groups in total. The van der Waals surface area contributed by atoms with E-state index in [1.807, 2.05) is 60.7 Å². The molecule has 0 atom stereocenters. The van der Waals surface area contributed by atoms with Crippen molar-refractivity contribution in [3.63, 3.8) is 0 Å². The molecule has 0 bridgehead atoms. The van der Waals surface area contributed by atoms with E-state index in [1.54, 1.807) is 0 Å². The average Bonchev–Trinajstić information content (AvgIpc) is 3.15. The fourth-order valence-corrected chi connectivity index (χ4v) is 9.52. The zero-order chi connectivity index (χ0) is 34.7. The summed E-state index contributed by atoms with van der Waals surface area (Å²) in [6.45, 7) is 8.60. The monoisotopic (exact) mass is 668 g/mol.